The number of nitrogens with zero attached hydrogens (tertiary/aromatic N) is 3. The molecular weight excluding hydrogens is 234 g/mol. The van der Waals surface area contributed by atoms with E-state index in [1.807, 2.05) is 0 Å². The van der Waals surface area contributed by atoms with Gasteiger partial charge >= 0.3 is 0 Å². The molecule has 0 amide bonds. The second-order valence-electron chi connectivity index (χ2n) is 7.05. The molecule has 0 aromatic heterocycles. The zero-order chi connectivity index (χ0) is 13.1. The summed E-state index contributed by atoms with van der Waals surface area (Å²) in [6.07, 6.45) is 8.57. The van der Waals surface area contributed by atoms with Gasteiger partial charge in [0, 0.05) is 19.1 Å². The Hall–Kier alpha value is -0.120. The van der Waals surface area contributed by atoms with E-state index in [4.69, 9.17) is 0 Å². The lowest BCUT2D eigenvalue weighted by molar-refractivity contribution is 0.0686. The van der Waals surface area contributed by atoms with E-state index in [1.165, 1.54) is 84.3 Å². The van der Waals surface area contributed by atoms with Crippen LogP contribution in [0.25, 0.3) is 0 Å². The topological polar surface area (TPSA) is 9.72 Å². The molecule has 3 rings (SSSR count). The molecule has 3 aliphatic heterocycles. The molecule has 3 fully saturated rings. The van der Waals surface area contributed by atoms with E-state index in [-0.39, 0.29) is 0 Å². The molecule has 3 saturated heterocycles. The van der Waals surface area contributed by atoms with Crippen molar-refractivity contribution in [3.63, 3.8) is 0 Å². The van der Waals surface area contributed by atoms with Crippen LogP contribution < -0.4 is 0 Å². The SMILES string of the molecule is CN1CCC(N2CCCC(CN3CCCC3)C2)CC1. The van der Waals surface area contributed by atoms with Gasteiger partial charge in [0.15, 0.2) is 0 Å². The number of likely N-dealkylation sites (tertiary alicyclic amines) is 3. The largest absolute Gasteiger partial charge is 0.306 e. The van der Waals surface area contributed by atoms with Gasteiger partial charge in [-0.25, -0.2) is 0 Å². The Bertz CT molecular complexity index is 267. The van der Waals surface area contributed by atoms with E-state index in [2.05, 4.69) is 21.7 Å². The predicted octanol–water partition coefficient (Wildman–Crippen LogP) is 1.89. The highest BCUT2D eigenvalue weighted by atomic mass is 15.2. The van der Waals surface area contributed by atoms with Gasteiger partial charge in [0.2, 0.25) is 0 Å². The number of piperidine rings is 2. The molecule has 1 unspecified atom stereocenters. The molecule has 0 spiro atoms. The molecule has 1 atom stereocenters. The van der Waals surface area contributed by atoms with Crippen molar-refractivity contribution in [2.45, 2.75) is 44.6 Å². The third kappa shape index (κ3) is 3.71. The van der Waals surface area contributed by atoms with E-state index in [1.54, 1.807) is 0 Å². The molecule has 3 nitrogen and oxygen atoms in total. The van der Waals surface area contributed by atoms with Crippen LogP contribution >= 0.6 is 0 Å². The summed E-state index contributed by atoms with van der Waals surface area (Å²) < 4.78 is 0. The lowest BCUT2D eigenvalue weighted by atomic mass is 9.93. The standard InChI is InChI=1S/C16H31N3/c1-17-11-6-16(7-12-17)19-10-4-5-15(14-19)13-18-8-2-3-9-18/h15-16H,2-14H2,1H3. The second-order valence-corrected chi connectivity index (χ2v) is 7.05. The van der Waals surface area contributed by atoms with Crippen molar-refractivity contribution in [2.24, 2.45) is 5.92 Å². The Morgan fingerprint density at radius 1 is 0.842 bits per heavy atom. The Labute approximate surface area is 118 Å². The molecule has 110 valence electrons. The summed E-state index contributed by atoms with van der Waals surface area (Å²) in [6, 6.07) is 0.887. The lowest BCUT2D eigenvalue weighted by Crippen LogP contribution is -2.49. The highest BCUT2D eigenvalue weighted by Crippen LogP contribution is 2.24. The van der Waals surface area contributed by atoms with Gasteiger partial charge in [0.05, 0.1) is 0 Å². The van der Waals surface area contributed by atoms with Crippen LogP contribution in [-0.2, 0) is 0 Å². The monoisotopic (exact) mass is 265 g/mol. The van der Waals surface area contributed by atoms with Crippen LogP contribution in [0.1, 0.15) is 38.5 Å². The van der Waals surface area contributed by atoms with Gasteiger partial charge in [-0.2, -0.15) is 0 Å². The summed E-state index contributed by atoms with van der Waals surface area (Å²) in [5, 5.41) is 0. The molecule has 0 aromatic rings. The van der Waals surface area contributed by atoms with Crippen molar-refractivity contribution in [3.8, 4) is 0 Å². The molecule has 3 heteroatoms. The van der Waals surface area contributed by atoms with Gasteiger partial charge in [-0.15, -0.1) is 0 Å². The minimum Gasteiger partial charge on any atom is -0.306 e. The smallest absolute Gasteiger partial charge is 0.0120 e. The Morgan fingerprint density at radius 2 is 1.58 bits per heavy atom. The lowest BCUT2D eigenvalue weighted by Gasteiger charge is -2.42. The Morgan fingerprint density at radius 3 is 2.32 bits per heavy atom. The molecular formula is C16H31N3. The molecule has 3 aliphatic rings. The molecule has 0 aromatic carbocycles. The molecule has 0 aliphatic carbocycles. The first-order valence-electron chi connectivity index (χ1n) is 8.46. The number of rotatable bonds is 3. The summed E-state index contributed by atoms with van der Waals surface area (Å²) >= 11 is 0. The van der Waals surface area contributed by atoms with Crippen LogP contribution in [0.5, 0.6) is 0 Å². The fourth-order valence-electron chi connectivity index (χ4n) is 4.27. The Balaban J connectivity index is 1.47. The first-order valence-corrected chi connectivity index (χ1v) is 8.46. The summed E-state index contributed by atoms with van der Waals surface area (Å²) in [7, 11) is 2.27. The van der Waals surface area contributed by atoms with Gasteiger partial charge in [-0.1, -0.05) is 0 Å². The van der Waals surface area contributed by atoms with Gasteiger partial charge in [0.1, 0.15) is 0 Å². The highest BCUT2D eigenvalue weighted by Gasteiger charge is 2.29. The average molecular weight is 265 g/mol. The third-order valence-corrected chi connectivity index (χ3v) is 5.47. The molecule has 3 heterocycles. The van der Waals surface area contributed by atoms with Crippen LogP contribution in [0.4, 0.5) is 0 Å². The fourth-order valence-corrected chi connectivity index (χ4v) is 4.27. The van der Waals surface area contributed by atoms with E-state index < -0.39 is 0 Å². The maximum atomic E-state index is 2.83. The van der Waals surface area contributed by atoms with Gasteiger partial charge < -0.3 is 9.80 Å². The zero-order valence-corrected chi connectivity index (χ0v) is 12.7. The van der Waals surface area contributed by atoms with E-state index in [0.29, 0.717) is 0 Å². The van der Waals surface area contributed by atoms with Crippen LogP contribution in [0, 0.1) is 5.92 Å². The van der Waals surface area contributed by atoms with Crippen molar-refractivity contribution in [1.82, 2.24) is 14.7 Å². The maximum Gasteiger partial charge on any atom is 0.0120 e. The highest BCUT2D eigenvalue weighted by molar-refractivity contribution is 4.84. The summed E-state index contributed by atoms with van der Waals surface area (Å²) in [6.45, 7) is 9.46. The van der Waals surface area contributed by atoms with Crippen molar-refractivity contribution in [3.05, 3.63) is 0 Å². The van der Waals surface area contributed by atoms with Gasteiger partial charge in [-0.3, -0.25) is 4.90 Å². The quantitative estimate of drug-likeness (QED) is 0.771. The zero-order valence-electron chi connectivity index (χ0n) is 12.7. The fraction of sp³-hybridized carbons (Fsp3) is 1.00. The minimum absolute atomic E-state index is 0.887. The predicted molar refractivity (Wildman–Crippen MR) is 80.5 cm³/mol. The summed E-state index contributed by atoms with van der Waals surface area (Å²) in [4.78, 5) is 8.03. The minimum atomic E-state index is 0.887. The first kappa shape index (κ1) is 13.8. The van der Waals surface area contributed by atoms with Crippen LogP contribution in [0.15, 0.2) is 0 Å². The normalized spacial score (nSPS) is 33.0. The summed E-state index contributed by atoms with van der Waals surface area (Å²) in [5.41, 5.74) is 0. The molecule has 0 saturated carbocycles. The number of hydrogen-bond acceptors (Lipinski definition) is 3. The van der Waals surface area contributed by atoms with E-state index in [9.17, 15) is 0 Å². The molecule has 19 heavy (non-hydrogen) atoms. The van der Waals surface area contributed by atoms with Crippen molar-refractivity contribution >= 4 is 0 Å². The first-order chi connectivity index (χ1) is 9.31. The van der Waals surface area contributed by atoms with Gasteiger partial charge in [-0.05, 0) is 84.2 Å². The maximum absolute atomic E-state index is 2.83. The summed E-state index contributed by atoms with van der Waals surface area (Å²) in [5.74, 6) is 0.950. The molecule has 0 radical (unpaired) electrons. The van der Waals surface area contributed by atoms with Gasteiger partial charge in [0.25, 0.3) is 0 Å². The second kappa shape index (κ2) is 6.55. The molecule has 0 bridgehead atoms. The number of hydrogen-bond donors (Lipinski definition) is 0. The van der Waals surface area contributed by atoms with Crippen LogP contribution in [0.3, 0.4) is 0 Å². The average Bonchev–Trinajstić information content (AvgIpc) is 2.93. The van der Waals surface area contributed by atoms with Crippen LogP contribution in [-0.4, -0.2) is 73.6 Å². The van der Waals surface area contributed by atoms with E-state index in [0.717, 1.165) is 12.0 Å². The van der Waals surface area contributed by atoms with Crippen LogP contribution in [0.2, 0.25) is 0 Å². The molecule has 0 N–H and O–H groups in total. The van der Waals surface area contributed by atoms with Crippen molar-refractivity contribution in [2.75, 3.05) is 52.9 Å². The Kier molecular flexibility index (Phi) is 4.78. The van der Waals surface area contributed by atoms with Crippen molar-refractivity contribution < 1.29 is 0 Å². The third-order valence-electron chi connectivity index (χ3n) is 5.47. The van der Waals surface area contributed by atoms with Crippen molar-refractivity contribution in [1.29, 1.82) is 0 Å². The van der Waals surface area contributed by atoms with E-state index >= 15 is 0 Å².